The van der Waals surface area contributed by atoms with Gasteiger partial charge >= 0.3 is 0 Å². The Kier molecular flexibility index (Phi) is 6.43. The van der Waals surface area contributed by atoms with Crippen LogP contribution in [-0.4, -0.2) is 56.0 Å². The summed E-state index contributed by atoms with van der Waals surface area (Å²) in [4.78, 5) is 30.8. The van der Waals surface area contributed by atoms with Crippen LogP contribution in [0.25, 0.3) is 0 Å². The van der Waals surface area contributed by atoms with E-state index >= 15 is 0 Å². The lowest BCUT2D eigenvalue weighted by Crippen LogP contribution is -2.43. The average molecular weight is 500 g/mol. The maximum absolute atomic E-state index is 13.4. The van der Waals surface area contributed by atoms with Crippen LogP contribution in [0.3, 0.4) is 0 Å². The highest BCUT2D eigenvalue weighted by atomic mass is 32.2. The van der Waals surface area contributed by atoms with Gasteiger partial charge in [-0.15, -0.1) is 11.8 Å². The number of sulfonamides is 1. The van der Waals surface area contributed by atoms with Gasteiger partial charge in [0, 0.05) is 41.9 Å². The third-order valence-electron chi connectivity index (χ3n) is 6.75. The van der Waals surface area contributed by atoms with Gasteiger partial charge in [-0.1, -0.05) is 31.5 Å². The summed E-state index contributed by atoms with van der Waals surface area (Å²) in [6.45, 7) is 3.48. The molecule has 3 aliphatic rings. The number of carbonyl (C=O) groups is 2. The number of hydrogen-bond donors (Lipinski definition) is 0. The Balaban J connectivity index is 1.48. The summed E-state index contributed by atoms with van der Waals surface area (Å²) in [6.07, 6.45) is 3.83. The monoisotopic (exact) mass is 499 g/mol. The van der Waals surface area contributed by atoms with Crippen molar-refractivity contribution >= 4 is 45.0 Å². The first-order valence-corrected chi connectivity index (χ1v) is 14.2. The molecule has 2 amide bonds. The molecular formula is C25H29N3O4S2. The lowest BCUT2D eigenvalue weighted by molar-refractivity contribution is -0.122. The number of thioether (sulfide) groups is 1. The van der Waals surface area contributed by atoms with E-state index in [2.05, 4.69) is 0 Å². The number of carbonyl (C=O) groups excluding carboxylic acids is 2. The van der Waals surface area contributed by atoms with E-state index in [1.807, 2.05) is 31.2 Å². The van der Waals surface area contributed by atoms with Crippen LogP contribution >= 0.6 is 11.8 Å². The fraction of sp³-hybridized carbons (Fsp3) is 0.440. The predicted octanol–water partition coefficient (Wildman–Crippen LogP) is 3.67. The van der Waals surface area contributed by atoms with E-state index in [1.54, 1.807) is 34.9 Å². The van der Waals surface area contributed by atoms with E-state index in [9.17, 15) is 18.0 Å². The molecule has 5 rings (SSSR count). The zero-order chi connectivity index (χ0) is 23.9. The number of piperidine rings is 1. The molecule has 3 heterocycles. The first-order valence-electron chi connectivity index (χ1n) is 11.8. The Bertz CT molecular complexity index is 1220. The molecule has 0 saturated carbocycles. The van der Waals surface area contributed by atoms with Gasteiger partial charge in [0.1, 0.15) is 6.54 Å². The van der Waals surface area contributed by atoms with Crippen molar-refractivity contribution in [3.05, 3.63) is 48.0 Å². The third kappa shape index (κ3) is 4.36. The summed E-state index contributed by atoms with van der Waals surface area (Å²) in [6, 6.07) is 12.8. The van der Waals surface area contributed by atoms with Crippen molar-refractivity contribution in [1.82, 2.24) is 4.31 Å². The molecule has 0 bridgehead atoms. The second kappa shape index (κ2) is 9.36. The molecule has 0 radical (unpaired) electrons. The summed E-state index contributed by atoms with van der Waals surface area (Å²) in [5.74, 6) is -0.319. The van der Waals surface area contributed by atoms with E-state index in [4.69, 9.17) is 0 Å². The van der Waals surface area contributed by atoms with Crippen molar-refractivity contribution in [3.8, 4) is 0 Å². The van der Waals surface area contributed by atoms with Gasteiger partial charge in [-0.2, -0.15) is 4.31 Å². The molecule has 0 aliphatic carbocycles. The molecule has 7 nitrogen and oxygen atoms in total. The van der Waals surface area contributed by atoms with Gasteiger partial charge in [-0.05, 0) is 49.1 Å². The summed E-state index contributed by atoms with van der Waals surface area (Å²) in [5, 5.41) is 0.0309. The van der Waals surface area contributed by atoms with Crippen LogP contribution < -0.4 is 9.80 Å². The van der Waals surface area contributed by atoms with Crippen molar-refractivity contribution in [1.29, 1.82) is 0 Å². The van der Waals surface area contributed by atoms with Gasteiger partial charge in [-0.3, -0.25) is 9.59 Å². The number of rotatable bonds is 4. The zero-order valence-electron chi connectivity index (χ0n) is 19.3. The van der Waals surface area contributed by atoms with Gasteiger partial charge < -0.3 is 9.80 Å². The summed E-state index contributed by atoms with van der Waals surface area (Å²) < 4.78 is 28.2. The molecule has 1 atom stereocenters. The number of nitrogens with zero attached hydrogens (tertiary/aromatic N) is 3. The maximum Gasteiger partial charge on any atom is 0.247 e. The number of benzene rings is 2. The lowest BCUT2D eigenvalue weighted by atomic mass is 10.2. The Morgan fingerprint density at radius 3 is 2.59 bits per heavy atom. The van der Waals surface area contributed by atoms with Crippen LogP contribution in [0.1, 0.15) is 38.2 Å². The van der Waals surface area contributed by atoms with Crippen LogP contribution in [0, 0.1) is 0 Å². The Labute approximate surface area is 205 Å². The van der Waals surface area contributed by atoms with E-state index in [-0.39, 0.29) is 34.9 Å². The number of anilines is 2. The van der Waals surface area contributed by atoms with Crippen molar-refractivity contribution in [2.24, 2.45) is 0 Å². The molecule has 9 heteroatoms. The third-order valence-corrected chi connectivity index (χ3v) is 9.81. The molecule has 1 unspecified atom stereocenters. The van der Waals surface area contributed by atoms with Crippen LogP contribution in [0.5, 0.6) is 0 Å². The first-order chi connectivity index (χ1) is 16.3. The number of fused-ring (bicyclic) bond motifs is 2. The average Bonchev–Trinajstić information content (AvgIpc) is 3.23. The van der Waals surface area contributed by atoms with Crippen molar-refractivity contribution in [2.75, 3.05) is 36.0 Å². The Morgan fingerprint density at radius 1 is 1.03 bits per heavy atom. The molecule has 0 spiro atoms. The van der Waals surface area contributed by atoms with E-state index in [0.29, 0.717) is 25.3 Å². The lowest BCUT2D eigenvalue weighted by Gasteiger charge is -2.28. The number of para-hydroxylation sites is 1. The van der Waals surface area contributed by atoms with E-state index < -0.39 is 10.0 Å². The van der Waals surface area contributed by atoms with Crippen molar-refractivity contribution in [2.45, 2.75) is 54.1 Å². The summed E-state index contributed by atoms with van der Waals surface area (Å²) in [5.41, 5.74) is 2.52. The minimum atomic E-state index is -3.66. The van der Waals surface area contributed by atoms with Crippen LogP contribution in [0.4, 0.5) is 11.4 Å². The largest absolute Gasteiger partial charge is 0.310 e. The van der Waals surface area contributed by atoms with Gasteiger partial charge in [0.15, 0.2) is 0 Å². The molecule has 2 aromatic rings. The number of amides is 2. The summed E-state index contributed by atoms with van der Waals surface area (Å²) in [7, 11) is -3.66. The second-order valence-electron chi connectivity index (χ2n) is 9.13. The highest BCUT2D eigenvalue weighted by Gasteiger charge is 2.33. The standard InChI is InChI=1S/C25H29N3O4S2/c1-18-15-24(29)28(17-25(30)27-14-11-19-7-3-4-8-21(19)27)22-16-20(9-10-23(22)33-18)34(31,32)26-12-5-2-6-13-26/h3-4,7-10,16,18H,2,5-6,11-15,17H2,1H3. The maximum atomic E-state index is 13.4. The Morgan fingerprint density at radius 2 is 1.79 bits per heavy atom. The van der Waals surface area contributed by atoms with Crippen LogP contribution in [0.15, 0.2) is 52.3 Å². The zero-order valence-corrected chi connectivity index (χ0v) is 20.9. The first kappa shape index (κ1) is 23.4. The topological polar surface area (TPSA) is 78.0 Å². The van der Waals surface area contributed by atoms with Gasteiger partial charge in [0.05, 0.1) is 10.6 Å². The smallest absolute Gasteiger partial charge is 0.247 e. The normalized spacial score (nSPS) is 21.2. The predicted molar refractivity (Wildman–Crippen MR) is 134 cm³/mol. The van der Waals surface area contributed by atoms with E-state index in [1.165, 1.54) is 9.21 Å². The van der Waals surface area contributed by atoms with Crippen LogP contribution in [-0.2, 0) is 26.0 Å². The molecule has 1 saturated heterocycles. The molecule has 0 N–H and O–H groups in total. The van der Waals surface area contributed by atoms with Gasteiger partial charge in [0.25, 0.3) is 0 Å². The SMILES string of the molecule is CC1CC(=O)N(CC(=O)N2CCc3ccccc32)c2cc(S(=O)(=O)N3CCCCC3)ccc2S1. The number of hydrogen-bond acceptors (Lipinski definition) is 5. The second-order valence-corrected chi connectivity index (χ2v) is 12.5. The Hall–Kier alpha value is -2.36. The van der Waals surface area contributed by atoms with Gasteiger partial charge in [0.2, 0.25) is 21.8 Å². The van der Waals surface area contributed by atoms with Crippen molar-refractivity contribution < 1.29 is 18.0 Å². The fourth-order valence-corrected chi connectivity index (χ4v) is 7.60. The minimum Gasteiger partial charge on any atom is -0.310 e. The van der Waals surface area contributed by atoms with E-state index in [0.717, 1.165) is 41.8 Å². The molecular weight excluding hydrogens is 470 g/mol. The minimum absolute atomic E-state index is 0.0309. The fourth-order valence-electron chi connectivity index (χ4n) is 4.96. The quantitative estimate of drug-likeness (QED) is 0.642. The highest BCUT2D eigenvalue weighted by Crippen LogP contribution is 2.40. The molecule has 2 aromatic carbocycles. The molecule has 1 fully saturated rings. The summed E-state index contributed by atoms with van der Waals surface area (Å²) >= 11 is 1.55. The molecule has 180 valence electrons. The highest BCUT2D eigenvalue weighted by molar-refractivity contribution is 8.00. The molecule has 34 heavy (non-hydrogen) atoms. The van der Waals surface area contributed by atoms with Crippen molar-refractivity contribution in [3.63, 3.8) is 0 Å². The van der Waals surface area contributed by atoms with Crippen LogP contribution in [0.2, 0.25) is 0 Å². The molecule has 3 aliphatic heterocycles. The molecule has 0 aromatic heterocycles. The van der Waals surface area contributed by atoms with Gasteiger partial charge in [-0.25, -0.2) is 8.42 Å².